The van der Waals surface area contributed by atoms with Gasteiger partial charge in [0, 0.05) is 40.4 Å². The van der Waals surface area contributed by atoms with Crippen LogP contribution >= 0.6 is 22.6 Å². The fourth-order valence-corrected chi connectivity index (χ4v) is 4.09. The van der Waals surface area contributed by atoms with E-state index in [2.05, 4.69) is 80.3 Å². The second-order valence-corrected chi connectivity index (χ2v) is 8.46. The number of nitrogens with zero attached hydrogens (tertiary/aromatic N) is 6. The van der Waals surface area contributed by atoms with Gasteiger partial charge in [0.1, 0.15) is 11.5 Å². The SMILES string of the molecule is C[C@@H]1CN(c2ccc3nc(-c4ccc(I)cc4)c(-c4ccnnc4)n3n2)CCN1. The molecule has 0 spiro atoms. The second-order valence-electron chi connectivity index (χ2n) is 7.21. The number of halogens is 1. The Morgan fingerprint density at radius 2 is 1.90 bits per heavy atom. The van der Waals surface area contributed by atoms with Gasteiger partial charge in [-0.05, 0) is 59.8 Å². The van der Waals surface area contributed by atoms with E-state index in [4.69, 9.17) is 10.1 Å². The predicted molar refractivity (Wildman–Crippen MR) is 122 cm³/mol. The number of hydrogen-bond acceptors (Lipinski definition) is 6. The molecule has 0 radical (unpaired) electrons. The molecular formula is C21H20IN7. The number of rotatable bonds is 3. The number of benzene rings is 1. The molecule has 146 valence electrons. The lowest BCUT2D eigenvalue weighted by atomic mass is 10.1. The Bertz CT molecular complexity index is 1140. The summed E-state index contributed by atoms with van der Waals surface area (Å²) < 4.78 is 3.13. The maximum atomic E-state index is 4.98. The standard InChI is InChI=1S/C21H20IN7/c1-14-13-28(11-10-23-14)19-7-6-18-26-20(15-2-4-17(22)5-3-15)21(29(18)27-19)16-8-9-24-25-12-16/h2-9,12,14,23H,10-11,13H2,1H3/t14-/m1/s1. The van der Waals surface area contributed by atoms with Crippen LogP contribution in [0.15, 0.2) is 54.9 Å². The Morgan fingerprint density at radius 1 is 1.03 bits per heavy atom. The van der Waals surface area contributed by atoms with Crippen LogP contribution < -0.4 is 10.2 Å². The van der Waals surface area contributed by atoms with Crippen LogP contribution in [0.5, 0.6) is 0 Å². The molecule has 7 nitrogen and oxygen atoms in total. The third kappa shape index (κ3) is 3.58. The van der Waals surface area contributed by atoms with Crippen LogP contribution in [0, 0.1) is 3.57 Å². The quantitative estimate of drug-likeness (QED) is 0.439. The fourth-order valence-electron chi connectivity index (χ4n) is 3.73. The third-order valence-electron chi connectivity index (χ3n) is 5.13. The Hall–Kier alpha value is -2.59. The average molecular weight is 497 g/mol. The maximum absolute atomic E-state index is 4.98. The van der Waals surface area contributed by atoms with Crippen molar-refractivity contribution in [3.63, 3.8) is 0 Å². The lowest BCUT2D eigenvalue weighted by Gasteiger charge is -2.32. The summed E-state index contributed by atoms with van der Waals surface area (Å²) in [5, 5.41) is 16.5. The molecule has 4 heterocycles. The number of imidazole rings is 1. The molecule has 0 amide bonds. The van der Waals surface area contributed by atoms with Gasteiger partial charge < -0.3 is 10.2 Å². The molecule has 0 saturated carbocycles. The summed E-state index contributed by atoms with van der Waals surface area (Å²) in [7, 11) is 0. The van der Waals surface area contributed by atoms with Crippen LogP contribution in [0.2, 0.25) is 0 Å². The molecule has 0 aliphatic carbocycles. The third-order valence-corrected chi connectivity index (χ3v) is 5.85. The number of piperazine rings is 1. The summed E-state index contributed by atoms with van der Waals surface area (Å²) in [4.78, 5) is 7.23. The van der Waals surface area contributed by atoms with Gasteiger partial charge >= 0.3 is 0 Å². The van der Waals surface area contributed by atoms with Crippen molar-refractivity contribution in [2.45, 2.75) is 13.0 Å². The molecule has 1 aliphatic rings. The number of hydrogen-bond donors (Lipinski definition) is 1. The molecule has 8 heteroatoms. The Labute approximate surface area is 182 Å². The minimum atomic E-state index is 0.440. The molecule has 3 aromatic heterocycles. The fraction of sp³-hybridized carbons (Fsp3) is 0.238. The van der Waals surface area contributed by atoms with Crippen molar-refractivity contribution >= 4 is 34.1 Å². The van der Waals surface area contributed by atoms with Crippen molar-refractivity contribution in [1.82, 2.24) is 30.1 Å². The molecule has 4 aromatic rings. The lowest BCUT2D eigenvalue weighted by molar-refractivity contribution is 0.481. The first-order valence-corrected chi connectivity index (χ1v) is 10.7. The van der Waals surface area contributed by atoms with Crippen molar-refractivity contribution < 1.29 is 0 Å². The average Bonchev–Trinajstić information content (AvgIpc) is 3.13. The van der Waals surface area contributed by atoms with E-state index in [-0.39, 0.29) is 0 Å². The lowest BCUT2D eigenvalue weighted by Crippen LogP contribution is -2.49. The largest absolute Gasteiger partial charge is 0.352 e. The summed E-state index contributed by atoms with van der Waals surface area (Å²) in [6.45, 7) is 5.03. The zero-order valence-corrected chi connectivity index (χ0v) is 18.1. The van der Waals surface area contributed by atoms with Gasteiger partial charge in [0.05, 0.1) is 18.1 Å². The molecule has 1 aromatic carbocycles. The summed E-state index contributed by atoms with van der Waals surface area (Å²) in [5.41, 5.74) is 4.64. The normalized spacial score (nSPS) is 17.0. The number of nitrogens with one attached hydrogen (secondary N) is 1. The van der Waals surface area contributed by atoms with E-state index in [0.717, 1.165) is 53.6 Å². The molecule has 29 heavy (non-hydrogen) atoms. The summed E-state index contributed by atoms with van der Waals surface area (Å²) in [6.07, 6.45) is 3.47. The van der Waals surface area contributed by atoms with Crippen LogP contribution in [-0.4, -0.2) is 50.5 Å². The maximum Gasteiger partial charge on any atom is 0.155 e. The van der Waals surface area contributed by atoms with E-state index < -0.39 is 0 Å². The van der Waals surface area contributed by atoms with Crippen LogP contribution in [0.25, 0.3) is 28.2 Å². The molecular weight excluding hydrogens is 477 g/mol. The number of fused-ring (bicyclic) bond motifs is 1. The van der Waals surface area contributed by atoms with Crippen LogP contribution in [0.3, 0.4) is 0 Å². The summed E-state index contributed by atoms with van der Waals surface area (Å²) >= 11 is 2.31. The van der Waals surface area contributed by atoms with E-state index in [0.29, 0.717) is 6.04 Å². The van der Waals surface area contributed by atoms with E-state index in [9.17, 15) is 0 Å². The highest BCUT2D eigenvalue weighted by Crippen LogP contribution is 2.32. The first-order valence-electron chi connectivity index (χ1n) is 9.60. The first kappa shape index (κ1) is 18.4. The molecule has 1 aliphatic heterocycles. The smallest absolute Gasteiger partial charge is 0.155 e. The van der Waals surface area contributed by atoms with Crippen molar-refractivity contribution in [1.29, 1.82) is 0 Å². The monoisotopic (exact) mass is 497 g/mol. The predicted octanol–water partition coefficient (Wildman–Crippen LogP) is 3.26. The minimum absolute atomic E-state index is 0.440. The second kappa shape index (κ2) is 7.68. The summed E-state index contributed by atoms with van der Waals surface area (Å²) in [5.74, 6) is 0.959. The van der Waals surface area contributed by atoms with Crippen molar-refractivity contribution in [2.24, 2.45) is 0 Å². The zero-order valence-electron chi connectivity index (χ0n) is 16.0. The van der Waals surface area contributed by atoms with Crippen LogP contribution in [0.4, 0.5) is 5.82 Å². The molecule has 0 unspecified atom stereocenters. The molecule has 1 fully saturated rings. The number of aromatic nitrogens is 5. The molecule has 1 atom stereocenters. The highest BCUT2D eigenvalue weighted by Gasteiger charge is 2.21. The summed E-state index contributed by atoms with van der Waals surface area (Å²) in [6, 6.07) is 14.9. The number of anilines is 1. The van der Waals surface area contributed by atoms with E-state index >= 15 is 0 Å². The van der Waals surface area contributed by atoms with Gasteiger partial charge in [-0.3, -0.25) is 0 Å². The van der Waals surface area contributed by atoms with Crippen LogP contribution in [0.1, 0.15) is 6.92 Å². The van der Waals surface area contributed by atoms with E-state index in [1.165, 1.54) is 3.57 Å². The van der Waals surface area contributed by atoms with E-state index in [1.54, 1.807) is 12.4 Å². The van der Waals surface area contributed by atoms with Crippen molar-refractivity contribution in [2.75, 3.05) is 24.5 Å². The molecule has 1 N–H and O–H groups in total. The Morgan fingerprint density at radius 3 is 2.66 bits per heavy atom. The topological polar surface area (TPSA) is 71.2 Å². The van der Waals surface area contributed by atoms with E-state index in [1.807, 2.05) is 16.6 Å². The van der Waals surface area contributed by atoms with Gasteiger partial charge in [-0.15, -0.1) is 5.10 Å². The van der Waals surface area contributed by atoms with Gasteiger partial charge in [0.25, 0.3) is 0 Å². The van der Waals surface area contributed by atoms with Gasteiger partial charge in [0.2, 0.25) is 0 Å². The van der Waals surface area contributed by atoms with Gasteiger partial charge in [-0.1, -0.05) is 12.1 Å². The molecule has 1 saturated heterocycles. The zero-order chi connectivity index (χ0) is 19.8. The van der Waals surface area contributed by atoms with Gasteiger partial charge in [-0.25, -0.2) is 9.50 Å². The van der Waals surface area contributed by atoms with Crippen LogP contribution in [-0.2, 0) is 0 Å². The Kier molecular flexibility index (Phi) is 4.88. The van der Waals surface area contributed by atoms with Gasteiger partial charge in [-0.2, -0.15) is 10.2 Å². The van der Waals surface area contributed by atoms with Gasteiger partial charge in [0.15, 0.2) is 5.65 Å². The molecule has 0 bridgehead atoms. The Balaban J connectivity index is 1.69. The van der Waals surface area contributed by atoms with Crippen molar-refractivity contribution in [3.8, 4) is 22.5 Å². The molecule has 5 rings (SSSR count). The minimum Gasteiger partial charge on any atom is -0.352 e. The highest BCUT2D eigenvalue weighted by molar-refractivity contribution is 14.1. The highest BCUT2D eigenvalue weighted by atomic mass is 127. The first-order chi connectivity index (χ1) is 14.2. The van der Waals surface area contributed by atoms with Crippen molar-refractivity contribution in [3.05, 3.63) is 58.4 Å².